The summed E-state index contributed by atoms with van der Waals surface area (Å²) in [6, 6.07) is 3.03. The van der Waals surface area contributed by atoms with Crippen LogP contribution in [0.3, 0.4) is 0 Å². The summed E-state index contributed by atoms with van der Waals surface area (Å²) in [6.07, 6.45) is 0.988. The van der Waals surface area contributed by atoms with Crippen LogP contribution >= 0.6 is 0 Å². The van der Waals surface area contributed by atoms with Crippen molar-refractivity contribution in [3.05, 3.63) is 33.9 Å². The second-order valence-electron chi connectivity index (χ2n) is 4.87. The van der Waals surface area contributed by atoms with Crippen molar-refractivity contribution in [3.8, 4) is 5.75 Å². The summed E-state index contributed by atoms with van der Waals surface area (Å²) in [4.78, 5) is 35.2. The van der Waals surface area contributed by atoms with Crippen LogP contribution in [0.1, 0.15) is 30.1 Å². The Morgan fingerprint density at radius 3 is 2.82 bits per heavy atom. The van der Waals surface area contributed by atoms with Crippen molar-refractivity contribution < 1.29 is 24.4 Å². The number of nitro benzene ring substituents is 1. The first-order valence-corrected chi connectivity index (χ1v) is 6.90. The fourth-order valence-electron chi connectivity index (χ4n) is 2.50. The predicted octanol–water partition coefficient (Wildman–Crippen LogP) is 1.68. The maximum atomic E-state index is 12.4. The fraction of sp³-hybridized carbons (Fsp3) is 0.429. The molecule has 1 N–H and O–H groups in total. The van der Waals surface area contributed by atoms with Crippen LogP contribution < -0.4 is 4.74 Å². The van der Waals surface area contributed by atoms with Gasteiger partial charge >= 0.3 is 11.7 Å². The Morgan fingerprint density at radius 1 is 1.50 bits per heavy atom. The average Bonchev–Trinajstić information content (AvgIpc) is 2.96. The van der Waals surface area contributed by atoms with E-state index in [0.717, 1.165) is 6.07 Å². The van der Waals surface area contributed by atoms with E-state index in [1.54, 1.807) is 6.92 Å². The Labute approximate surface area is 126 Å². The number of amides is 1. The van der Waals surface area contributed by atoms with E-state index in [4.69, 9.17) is 9.84 Å². The molecule has 0 saturated carbocycles. The molecule has 1 aromatic rings. The first-order chi connectivity index (χ1) is 10.5. The molecule has 8 nitrogen and oxygen atoms in total. The second-order valence-corrected chi connectivity index (χ2v) is 4.87. The first kappa shape index (κ1) is 15.7. The minimum atomic E-state index is -1.06. The number of aliphatic carboxylic acids is 1. The molecule has 0 bridgehead atoms. The Morgan fingerprint density at radius 2 is 2.23 bits per heavy atom. The van der Waals surface area contributed by atoms with Crippen molar-refractivity contribution in [2.24, 2.45) is 0 Å². The van der Waals surface area contributed by atoms with Gasteiger partial charge in [-0.2, -0.15) is 0 Å². The summed E-state index contributed by atoms with van der Waals surface area (Å²) in [6.45, 7) is 2.29. The molecule has 0 radical (unpaired) electrons. The van der Waals surface area contributed by atoms with Gasteiger partial charge in [-0.1, -0.05) is 0 Å². The third-order valence-corrected chi connectivity index (χ3v) is 3.50. The van der Waals surface area contributed by atoms with Gasteiger partial charge in [0, 0.05) is 18.2 Å². The third kappa shape index (κ3) is 3.00. The van der Waals surface area contributed by atoms with E-state index in [1.807, 2.05) is 0 Å². The number of carbonyl (C=O) groups is 2. The molecule has 1 amide bonds. The standard InChI is InChI=1S/C14H16N2O6/c1-2-22-12-6-5-9(8-11(12)16(20)21)13(17)15-7-3-4-10(15)14(18)19/h5-6,8,10H,2-4,7H2,1H3,(H,18,19). The van der Waals surface area contributed by atoms with Crippen molar-refractivity contribution in [1.29, 1.82) is 0 Å². The van der Waals surface area contributed by atoms with Crippen LogP contribution in [0, 0.1) is 10.1 Å². The lowest BCUT2D eigenvalue weighted by atomic mass is 10.1. The quantitative estimate of drug-likeness (QED) is 0.654. The van der Waals surface area contributed by atoms with Gasteiger partial charge in [-0.05, 0) is 31.9 Å². The van der Waals surface area contributed by atoms with Crippen molar-refractivity contribution in [3.63, 3.8) is 0 Å². The fourth-order valence-corrected chi connectivity index (χ4v) is 2.50. The lowest BCUT2D eigenvalue weighted by molar-refractivity contribution is -0.385. The topological polar surface area (TPSA) is 110 Å². The van der Waals surface area contributed by atoms with E-state index in [9.17, 15) is 19.7 Å². The molecule has 118 valence electrons. The second kappa shape index (κ2) is 6.42. The molecule has 1 heterocycles. The highest BCUT2D eigenvalue weighted by Gasteiger charge is 2.35. The van der Waals surface area contributed by atoms with Crippen LogP contribution in [0.2, 0.25) is 0 Å². The average molecular weight is 308 g/mol. The van der Waals surface area contributed by atoms with Gasteiger partial charge < -0.3 is 14.7 Å². The van der Waals surface area contributed by atoms with E-state index < -0.39 is 22.8 Å². The van der Waals surface area contributed by atoms with Gasteiger partial charge in [0.2, 0.25) is 0 Å². The number of carboxylic acids is 1. The summed E-state index contributed by atoms with van der Waals surface area (Å²) in [7, 11) is 0. The molecule has 22 heavy (non-hydrogen) atoms. The molecule has 1 unspecified atom stereocenters. The number of benzene rings is 1. The Hall–Kier alpha value is -2.64. The summed E-state index contributed by atoms with van der Waals surface area (Å²) >= 11 is 0. The SMILES string of the molecule is CCOc1ccc(C(=O)N2CCCC2C(=O)O)cc1[N+](=O)[O-]. The van der Waals surface area contributed by atoms with E-state index in [0.29, 0.717) is 19.4 Å². The molecule has 1 aliphatic rings. The molecule has 1 aromatic carbocycles. The van der Waals surface area contributed by atoms with Gasteiger partial charge in [-0.25, -0.2) is 4.79 Å². The summed E-state index contributed by atoms with van der Waals surface area (Å²) in [5.41, 5.74) is -0.220. The summed E-state index contributed by atoms with van der Waals surface area (Å²) in [5, 5.41) is 20.2. The predicted molar refractivity (Wildman–Crippen MR) is 76.0 cm³/mol. The Balaban J connectivity index is 2.32. The molecule has 0 aromatic heterocycles. The smallest absolute Gasteiger partial charge is 0.326 e. The van der Waals surface area contributed by atoms with Gasteiger partial charge in [0.05, 0.1) is 11.5 Å². The lowest BCUT2D eigenvalue weighted by Crippen LogP contribution is -2.40. The van der Waals surface area contributed by atoms with E-state index >= 15 is 0 Å². The maximum Gasteiger partial charge on any atom is 0.326 e. The monoisotopic (exact) mass is 308 g/mol. The number of ether oxygens (including phenoxy) is 1. The minimum Gasteiger partial charge on any atom is -0.487 e. The number of rotatable bonds is 5. The Bertz CT molecular complexity index is 615. The number of hydrogen-bond acceptors (Lipinski definition) is 5. The van der Waals surface area contributed by atoms with E-state index in [1.165, 1.54) is 17.0 Å². The summed E-state index contributed by atoms with van der Waals surface area (Å²) in [5.74, 6) is -1.50. The molecular weight excluding hydrogens is 292 g/mol. The minimum absolute atomic E-state index is 0.0836. The lowest BCUT2D eigenvalue weighted by Gasteiger charge is -2.21. The molecule has 1 fully saturated rings. The molecule has 1 atom stereocenters. The van der Waals surface area contributed by atoms with Gasteiger partial charge in [0.15, 0.2) is 5.75 Å². The number of nitro groups is 1. The van der Waals surface area contributed by atoms with E-state index in [-0.39, 0.29) is 23.6 Å². The van der Waals surface area contributed by atoms with Crippen LogP contribution in [0.25, 0.3) is 0 Å². The van der Waals surface area contributed by atoms with Gasteiger partial charge in [-0.3, -0.25) is 14.9 Å². The van der Waals surface area contributed by atoms with E-state index in [2.05, 4.69) is 0 Å². The van der Waals surface area contributed by atoms with Crippen LogP contribution in [0.5, 0.6) is 5.75 Å². The number of carboxylic acid groups (broad SMARTS) is 1. The number of likely N-dealkylation sites (tertiary alicyclic amines) is 1. The molecule has 0 aliphatic carbocycles. The van der Waals surface area contributed by atoms with Crippen molar-refractivity contribution in [2.75, 3.05) is 13.2 Å². The van der Waals surface area contributed by atoms with Crippen molar-refractivity contribution >= 4 is 17.6 Å². The van der Waals surface area contributed by atoms with Gasteiger partial charge in [0.1, 0.15) is 6.04 Å². The highest BCUT2D eigenvalue weighted by molar-refractivity contribution is 5.97. The van der Waals surface area contributed by atoms with Crippen LogP contribution in [-0.4, -0.2) is 46.0 Å². The molecule has 8 heteroatoms. The largest absolute Gasteiger partial charge is 0.487 e. The van der Waals surface area contributed by atoms with Gasteiger partial charge in [-0.15, -0.1) is 0 Å². The summed E-state index contributed by atoms with van der Waals surface area (Å²) < 4.78 is 5.16. The number of carbonyl (C=O) groups excluding carboxylic acids is 1. The van der Waals surface area contributed by atoms with Crippen LogP contribution in [-0.2, 0) is 4.79 Å². The molecule has 1 saturated heterocycles. The molecular formula is C14H16N2O6. The zero-order valence-corrected chi connectivity index (χ0v) is 12.0. The molecule has 1 aliphatic heterocycles. The number of nitrogens with zero attached hydrogens (tertiary/aromatic N) is 2. The molecule has 2 rings (SSSR count). The Kier molecular flexibility index (Phi) is 4.59. The third-order valence-electron chi connectivity index (χ3n) is 3.50. The van der Waals surface area contributed by atoms with Crippen molar-refractivity contribution in [2.45, 2.75) is 25.8 Å². The van der Waals surface area contributed by atoms with Crippen molar-refractivity contribution in [1.82, 2.24) is 4.90 Å². The van der Waals surface area contributed by atoms with Gasteiger partial charge in [0.25, 0.3) is 5.91 Å². The van der Waals surface area contributed by atoms with Crippen LogP contribution in [0.15, 0.2) is 18.2 Å². The number of hydrogen-bond donors (Lipinski definition) is 1. The zero-order chi connectivity index (χ0) is 16.3. The molecule has 0 spiro atoms. The van der Waals surface area contributed by atoms with Crippen LogP contribution in [0.4, 0.5) is 5.69 Å². The highest BCUT2D eigenvalue weighted by atomic mass is 16.6. The zero-order valence-electron chi connectivity index (χ0n) is 12.0. The first-order valence-electron chi connectivity index (χ1n) is 6.90. The highest BCUT2D eigenvalue weighted by Crippen LogP contribution is 2.29. The normalized spacial score (nSPS) is 17.3. The maximum absolute atomic E-state index is 12.4.